The molecule has 0 aliphatic carbocycles. The van der Waals surface area contributed by atoms with E-state index in [0.29, 0.717) is 22.2 Å². The molecule has 0 spiro atoms. The van der Waals surface area contributed by atoms with Gasteiger partial charge in [-0.1, -0.05) is 24.6 Å². The Labute approximate surface area is 190 Å². The van der Waals surface area contributed by atoms with E-state index in [9.17, 15) is 10.1 Å². The zero-order valence-corrected chi connectivity index (χ0v) is 19.9. The van der Waals surface area contributed by atoms with Gasteiger partial charge in [-0.05, 0) is 99.6 Å². The van der Waals surface area contributed by atoms with Gasteiger partial charge in [0.1, 0.15) is 11.6 Å². The second-order valence-corrected chi connectivity index (χ2v) is 9.50. The Hall–Kier alpha value is -2.77. The van der Waals surface area contributed by atoms with Crippen molar-refractivity contribution in [3.63, 3.8) is 0 Å². The van der Waals surface area contributed by atoms with Crippen LogP contribution in [-0.2, 0) is 4.79 Å². The minimum atomic E-state index is -0.439. The van der Waals surface area contributed by atoms with Crippen molar-refractivity contribution in [1.82, 2.24) is 0 Å². The predicted octanol–water partition coefficient (Wildman–Crippen LogP) is 6.61. The van der Waals surface area contributed by atoms with Crippen molar-refractivity contribution < 1.29 is 4.79 Å². The van der Waals surface area contributed by atoms with Crippen LogP contribution in [0, 0.1) is 25.2 Å². The molecule has 0 radical (unpaired) electrons. The number of hydrogen-bond donors (Lipinski definition) is 1. The molecular weight excluding hydrogens is 406 g/mol. The summed E-state index contributed by atoms with van der Waals surface area (Å²) in [7, 11) is 0. The van der Waals surface area contributed by atoms with E-state index >= 15 is 0 Å². The third-order valence-electron chi connectivity index (χ3n) is 5.96. The summed E-state index contributed by atoms with van der Waals surface area (Å²) in [5.41, 5.74) is 5.86. The van der Waals surface area contributed by atoms with E-state index in [2.05, 4.69) is 37.9 Å². The van der Waals surface area contributed by atoms with Crippen LogP contribution in [0.3, 0.4) is 0 Å². The Kier molecular flexibility index (Phi) is 6.48. The first kappa shape index (κ1) is 22.9. The average molecular weight is 436 g/mol. The number of aryl methyl sites for hydroxylation is 2. The zero-order chi connectivity index (χ0) is 22.9. The summed E-state index contributed by atoms with van der Waals surface area (Å²) in [4.78, 5) is 15.1. The molecule has 1 heterocycles. The summed E-state index contributed by atoms with van der Waals surface area (Å²) < 4.78 is 0. The minimum absolute atomic E-state index is 0.0251. The van der Waals surface area contributed by atoms with E-state index in [1.165, 1.54) is 5.56 Å². The number of nitrogens with zero attached hydrogens (tertiary/aromatic N) is 2. The van der Waals surface area contributed by atoms with E-state index < -0.39 is 5.91 Å². The number of carbonyl (C=O) groups excluding carboxylic acids is 1. The standard InChI is InChI=1S/C26H30ClN3O/c1-7-30-24-13-23(27)19(12-22(24)18(4)14-26(30,5)6)11-20(15-28)25(31)29-21-9-16(2)8-17(3)10-21/h8-13,18H,7,14H2,1-6H3,(H,29,31)/b20-11+. The quantitative estimate of drug-likeness (QED) is 0.434. The number of halogens is 1. The molecule has 0 aromatic heterocycles. The normalized spacial score (nSPS) is 17.7. The molecular formula is C26H30ClN3O. The summed E-state index contributed by atoms with van der Waals surface area (Å²) >= 11 is 6.62. The number of nitriles is 1. The minimum Gasteiger partial charge on any atom is -0.366 e. The first-order valence-electron chi connectivity index (χ1n) is 10.7. The van der Waals surface area contributed by atoms with Gasteiger partial charge in [0.15, 0.2) is 0 Å². The van der Waals surface area contributed by atoms with Crippen molar-refractivity contribution in [2.24, 2.45) is 0 Å². The molecule has 3 rings (SSSR count). The lowest BCUT2D eigenvalue weighted by Crippen LogP contribution is -2.48. The lowest BCUT2D eigenvalue weighted by Gasteiger charge is -2.47. The molecule has 0 saturated carbocycles. The number of rotatable bonds is 4. The Morgan fingerprint density at radius 1 is 1.26 bits per heavy atom. The van der Waals surface area contributed by atoms with Gasteiger partial charge in [0.2, 0.25) is 0 Å². The monoisotopic (exact) mass is 435 g/mol. The molecule has 0 bridgehead atoms. The van der Waals surface area contributed by atoms with Crippen LogP contribution in [0.1, 0.15) is 62.3 Å². The Balaban J connectivity index is 1.97. The topological polar surface area (TPSA) is 56.1 Å². The molecule has 1 N–H and O–H groups in total. The number of amides is 1. The maximum atomic E-state index is 12.8. The van der Waals surface area contributed by atoms with Crippen LogP contribution in [0.5, 0.6) is 0 Å². The second-order valence-electron chi connectivity index (χ2n) is 9.09. The molecule has 2 aromatic rings. The van der Waals surface area contributed by atoms with E-state index in [1.54, 1.807) is 6.08 Å². The van der Waals surface area contributed by atoms with Crippen LogP contribution in [-0.4, -0.2) is 18.0 Å². The van der Waals surface area contributed by atoms with Crippen molar-refractivity contribution in [3.05, 3.63) is 63.2 Å². The van der Waals surface area contributed by atoms with Gasteiger partial charge in [0.25, 0.3) is 5.91 Å². The maximum absolute atomic E-state index is 12.8. The van der Waals surface area contributed by atoms with Gasteiger partial charge >= 0.3 is 0 Å². The van der Waals surface area contributed by atoms with Crippen LogP contribution in [0.25, 0.3) is 6.08 Å². The molecule has 2 aromatic carbocycles. The highest BCUT2D eigenvalue weighted by Crippen LogP contribution is 2.45. The van der Waals surface area contributed by atoms with Gasteiger partial charge < -0.3 is 10.2 Å². The molecule has 0 saturated heterocycles. The number of carbonyl (C=O) groups is 1. The van der Waals surface area contributed by atoms with Crippen LogP contribution < -0.4 is 10.2 Å². The smallest absolute Gasteiger partial charge is 0.266 e. The van der Waals surface area contributed by atoms with E-state index in [1.807, 2.05) is 50.2 Å². The van der Waals surface area contributed by atoms with Crippen molar-refractivity contribution in [3.8, 4) is 6.07 Å². The summed E-state index contributed by atoms with van der Waals surface area (Å²) in [5.74, 6) is -0.0856. The van der Waals surface area contributed by atoms with E-state index in [0.717, 1.165) is 29.8 Å². The van der Waals surface area contributed by atoms with Crippen LogP contribution in [0.2, 0.25) is 5.02 Å². The number of nitrogens with one attached hydrogen (secondary N) is 1. The first-order valence-corrected chi connectivity index (χ1v) is 11.1. The Bertz CT molecular complexity index is 1070. The highest BCUT2D eigenvalue weighted by Gasteiger charge is 2.35. The Morgan fingerprint density at radius 3 is 2.48 bits per heavy atom. The number of anilines is 2. The lowest BCUT2D eigenvalue weighted by molar-refractivity contribution is -0.112. The van der Waals surface area contributed by atoms with E-state index in [-0.39, 0.29) is 11.1 Å². The van der Waals surface area contributed by atoms with Gasteiger partial charge in [-0.25, -0.2) is 0 Å². The fraction of sp³-hybridized carbons (Fsp3) is 0.385. The molecule has 1 atom stereocenters. The molecule has 1 unspecified atom stereocenters. The summed E-state index contributed by atoms with van der Waals surface area (Å²) in [6.07, 6.45) is 2.61. The van der Waals surface area contributed by atoms with Crippen molar-refractivity contribution in [2.45, 2.75) is 59.4 Å². The summed E-state index contributed by atoms with van der Waals surface area (Å²) in [5, 5.41) is 13.0. The average Bonchev–Trinajstić information content (AvgIpc) is 2.65. The van der Waals surface area contributed by atoms with Crippen molar-refractivity contribution in [2.75, 3.05) is 16.8 Å². The maximum Gasteiger partial charge on any atom is 0.266 e. The third kappa shape index (κ3) is 4.78. The highest BCUT2D eigenvalue weighted by atomic mass is 35.5. The largest absolute Gasteiger partial charge is 0.366 e. The van der Waals surface area contributed by atoms with Crippen molar-refractivity contribution in [1.29, 1.82) is 5.26 Å². The number of fused-ring (bicyclic) bond motifs is 1. The van der Waals surface area contributed by atoms with Gasteiger partial charge in [0, 0.05) is 28.5 Å². The number of benzene rings is 2. The fourth-order valence-corrected chi connectivity index (χ4v) is 4.99. The summed E-state index contributed by atoms with van der Waals surface area (Å²) in [6.45, 7) is 13.7. The molecule has 1 aliphatic heterocycles. The number of hydrogen-bond acceptors (Lipinski definition) is 3. The van der Waals surface area contributed by atoms with Gasteiger partial charge in [0.05, 0.1) is 0 Å². The third-order valence-corrected chi connectivity index (χ3v) is 6.29. The van der Waals surface area contributed by atoms with Gasteiger partial charge in [-0.15, -0.1) is 0 Å². The molecule has 0 fully saturated rings. The lowest BCUT2D eigenvalue weighted by atomic mass is 9.79. The van der Waals surface area contributed by atoms with Crippen LogP contribution >= 0.6 is 11.6 Å². The molecule has 1 amide bonds. The molecule has 1 aliphatic rings. The fourth-order valence-electron chi connectivity index (χ4n) is 4.78. The predicted molar refractivity (Wildman–Crippen MR) is 130 cm³/mol. The molecule has 4 nitrogen and oxygen atoms in total. The summed E-state index contributed by atoms with van der Waals surface area (Å²) in [6, 6.07) is 11.8. The molecule has 31 heavy (non-hydrogen) atoms. The van der Waals surface area contributed by atoms with E-state index in [4.69, 9.17) is 11.6 Å². The van der Waals surface area contributed by atoms with Crippen molar-refractivity contribution >= 4 is 35.0 Å². The van der Waals surface area contributed by atoms with Crippen LogP contribution in [0.4, 0.5) is 11.4 Å². The highest BCUT2D eigenvalue weighted by molar-refractivity contribution is 6.32. The SMILES string of the molecule is CCN1c2cc(Cl)c(/C=C(\C#N)C(=O)Nc3cc(C)cc(C)c3)cc2C(C)CC1(C)C. The van der Waals surface area contributed by atoms with Gasteiger partial charge in [-0.3, -0.25) is 4.79 Å². The first-order chi connectivity index (χ1) is 14.6. The van der Waals surface area contributed by atoms with Gasteiger partial charge in [-0.2, -0.15) is 5.26 Å². The zero-order valence-electron chi connectivity index (χ0n) is 19.1. The Morgan fingerprint density at radius 2 is 1.90 bits per heavy atom. The molecule has 162 valence electrons. The van der Waals surface area contributed by atoms with Crippen LogP contribution in [0.15, 0.2) is 35.9 Å². The second kappa shape index (κ2) is 8.77. The molecule has 5 heteroatoms.